The average Bonchev–Trinajstić information content (AvgIpc) is 2.03. The second-order valence-corrected chi connectivity index (χ2v) is 22.3. The van der Waals surface area contributed by atoms with Gasteiger partial charge in [0, 0.05) is 49.9 Å². The number of nitrogens with one attached hydrogen (secondary N) is 4. The summed E-state index contributed by atoms with van der Waals surface area (Å²) in [6.07, 6.45) is -1.84. The van der Waals surface area contributed by atoms with Crippen molar-refractivity contribution in [3.63, 3.8) is 0 Å². The number of nitrogens with zero attached hydrogens (tertiary/aromatic N) is 4. The summed E-state index contributed by atoms with van der Waals surface area (Å²) in [6, 6.07) is 32.1. The number of fused-ring (bicyclic) bond motifs is 2. The van der Waals surface area contributed by atoms with E-state index < -0.39 is 96.1 Å². The summed E-state index contributed by atoms with van der Waals surface area (Å²) in [5.74, 6) is 5.96. The fourth-order valence-corrected chi connectivity index (χ4v) is 11.7. The largest absolute Gasteiger partial charge is 0.445 e. The van der Waals surface area contributed by atoms with Crippen LogP contribution >= 0.6 is 0 Å². The van der Waals surface area contributed by atoms with Gasteiger partial charge >= 0.3 is 12.2 Å². The molecule has 4 aliphatic rings. The van der Waals surface area contributed by atoms with Crippen molar-refractivity contribution >= 4 is 58.9 Å². The lowest BCUT2D eigenvalue weighted by Gasteiger charge is -2.33. The van der Waals surface area contributed by atoms with Crippen LogP contribution in [0.5, 0.6) is 0 Å². The van der Waals surface area contributed by atoms with E-state index in [9.17, 15) is 38.4 Å². The van der Waals surface area contributed by atoms with Crippen molar-refractivity contribution in [1.29, 1.82) is 0 Å². The van der Waals surface area contributed by atoms with Crippen molar-refractivity contribution < 1.29 is 57.3 Å². The van der Waals surface area contributed by atoms with Crippen LogP contribution in [-0.2, 0) is 60.9 Å². The third kappa shape index (κ3) is 15.8. The number of ether oxygens (including phenoxy) is 4. The van der Waals surface area contributed by atoms with Gasteiger partial charge in [0.25, 0.3) is 0 Å². The van der Waals surface area contributed by atoms with Crippen molar-refractivity contribution in [2.45, 2.75) is 122 Å². The number of likely N-dealkylation sites (tertiary alicyclic amines) is 4. The standard InChI is InChI=1S/C66H78N8O12/c1-7-43(2)60(76)70-57(64(80)72-35-33-55-59(72)53(62(78)69-50-30-20-13-21-31-50)40-74(55)66(82)86-42-48-26-16-11-17-27-48)46(5)84-37-23-9-8-22-36-83-45(4)51(38-56(75)44(3)67-6)63(79)71-34-32-54-58(71)52(61(77)68-49-28-18-12-19-29-49)39-73(54)65(81)85-41-47-24-14-10-15-25-47/h10-21,24-31,43-46,51-55,57-59,67H,7,32-42H2,1-6H3,(H,68,77)(H,69,78)(H,70,76)/t43-,44+,45-,46-,51+,52+,53+,54-,55-,57+,58-,59-/m1/s1. The van der Waals surface area contributed by atoms with Gasteiger partial charge in [-0.15, -0.1) is 0 Å². The molecule has 4 aliphatic heterocycles. The van der Waals surface area contributed by atoms with E-state index in [-0.39, 0.29) is 82.5 Å². The van der Waals surface area contributed by atoms with E-state index in [4.69, 9.17) is 18.9 Å². The zero-order valence-electron chi connectivity index (χ0n) is 49.6. The molecule has 0 radical (unpaired) electrons. The maximum Gasteiger partial charge on any atom is 0.410 e. The van der Waals surface area contributed by atoms with E-state index >= 15 is 0 Å². The molecule has 4 saturated heterocycles. The highest BCUT2D eigenvalue weighted by Gasteiger charge is 2.57. The Morgan fingerprint density at radius 1 is 0.570 bits per heavy atom. The maximum absolute atomic E-state index is 14.9. The minimum Gasteiger partial charge on any atom is -0.445 e. The van der Waals surface area contributed by atoms with Crippen LogP contribution in [0.25, 0.3) is 0 Å². The second kappa shape index (κ2) is 30.5. The highest BCUT2D eigenvalue weighted by molar-refractivity contribution is 5.97. The molecular weight excluding hydrogens is 1100 g/mol. The van der Waals surface area contributed by atoms with E-state index in [1.807, 2.05) is 79.7 Å². The summed E-state index contributed by atoms with van der Waals surface area (Å²) in [6.45, 7) is 8.84. The molecule has 8 rings (SSSR count). The number of rotatable bonds is 23. The normalized spacial score (nSPS) is 21.3. The van der Waals surface area contributed by atoms with Crippen LogP contribution in [0.4, 0.5) is 21.0 Å². The molecule has 0 bridgehead atoms. The molecule has 4 aromatic rings. The predicted octanol–water partition coefficient (Wildman–Crippen LogP) is 6.27. The molecule has 0 spiro atoms. The number of para-hydroxylation sites is 2. The summed E-state index contributed by atoms with van der Waals surface area (Å²) in [7, 11) is 1.66. The highest BCUT2D eigenvalue weighted by Crippen LogP contribution is 2.40. The number of carbonyl (C=O) groups excluding carboxylic acids is 8. The fraction of sp³-hybridized carbons (Fsp3) is 0.455. The molecule has 4 aromatic carbocycles. The van der Waals surface area contributed by atoms with Gasteiger partial charge in [-0.2, -0.15) is 0 Å². The first-order valence-corrected chi connectivity index (χ1v) is 29.5. The molecule has 0 unspecified atom stereocenters. The van der Waals surface area contributed by atoms with Crippen LogP contribution in [-0.4, -0.2) is 162 Å². The van der Waals surface area contributed by atoms with Crippen LogP contribution in [0.3, 0.4) is 0 Å². The highest BCUT2D eigenvalue weighted by atomic mass is 16.6. The van der Waals surface area contributed by atoms with Gasteiger partial charge in [-0.3, -0.25) is 28.8 Å². The Balaban J connectivity index is 0.922. The first kappa shape index (κ1) is 63.5. The zero-order chi connectivity index (χ0) is 61.3. The van der Waals surface area contributed by atoms with Crippen molar-refractivity contribution in [2.75, 3.05) is 57.1 Å². The van der Waals surface area contributed by atoms with E-state index in [0.717, 1.165) is 11.1 Å². The van der Waals surface area contributed by atoms with E-state index in [2.05, 4.69) is 44.9 Å². The molecule has 0 aliphatic carbocycles. The van der Waals surface area contributed by atoms with Crippen LogP contribution in [0.1, 0.15) is 71.4 Å². The third-order valence-electron chi connectivity index (χ3n) is 16.8. The summed E-state index contributed by atoms with van der Waals surface area (Å²) < 4.78 is 23.8. The van der Waals surface area contributed by atoms with E-state index in [1.165, 1.54) is 4.90 Å². The molecule has 12 atom stereocenters. The number of amides is 7. The smallest absolute Gasteiger partial charge is 0.410 e. The Morgan fingerprint density at radius 3 is 1.44 bits per heavy atom. The van der Waals surface area contributed by atoms with Crippen molar-refractivity contribution in [2.24, 2.45) is 23.7 Å². The second-order valence-electron chi connectivity index (χ2n) is 22.3. The number of hydrogen-bond acceptors (Lipinski definition) is 13. The molecule has 0 aromatic heterocycles. The first-order valence-electron chi connectivity index (χ1n) is 29.5. The van der Waals surface area contributed by atoms with Gasteiger partial charge in [0.2, 0.25) is 29.5 Å². The van der Waals surface area contributed by atoms with Gasteiger partial charge in [-0.25, -0.2) is 9.59 Å². The third-order valence-corrected chi connectivity index (χ3v) is 16.8. The Morgan fingerprint density at radius 2 is 1.00 bits per heavy atom. The summed E-state index contributed by atoms with van der Waals surface area (Å²) >= 11 is 0. The summed E-state index contributed by atoms with van der Waals surface area (Å²) in [5, 5.41) is 11.8. The van der Waals surface area contributed by atoms with Crippen LogP contribution in [0.15, 0.2) is 121 Å². The number of Topliss-reactive ketones (excluding diaryl/α,β-unsaturated/α-hetero) is 1. The van der Waals surface area contributed by atoms with E-state index in [1.54, 1.807) is 98.0 Å². The Kier molecular flexibility index (Phi) is 22.5. The Bertz CT molecular complexity index is 2920. The minimum atomic E-state index is -1.19. The number of carbonyl (C=O) groups is 8. The van der Waals surface area contributed by atoms with Crippen molar-refractivity contribution in [1.82, 2.24) is 30.2 Å². The van der Waals surface area contributed by atoms with Crippen molar-refractivity contribution in [3.8, 4) is 23.7 Å². The number of hydrogen-bond donors (Lipinski definition) is 4. The molecule has 4 N–H and O–H groups in total. The quantitative estimate of drug-likeness (QED) is 0.0601. The number of ketones is 1. The zero-order valence-corrected chi connectivity index (χ0v) is 49.6. The lowest BCUT2D eigenvalue weighted by atomic mass is 9.91. The lowest BCUT2D eigenvalue weighted by Crippen LogP contribution is -2.58. The Labute approximate surface area is 503 Å². The van der Waals surface area contributed by atoms with Gasteiger partial charge in [0.15, 0.2) is 0 Å². The van der Waals surface area contributed by atoms with Gasteiger partial charge in [-0.05, 0) is 94.3 Å². The molecule has 0 saturated carbocycles. The molecular formula is C66H78N8O12. The minimum absolute atomic E-state index is 0.00320. The van der Waals surface area contributed by atoms with Gasteiger partial charge < -0.3 is 59.8 Å². The molecule has 4 heterocycles. The maximum atomic E-state index is 14.9. The van der Waals surface area contributed by atoms with Gasteiger partial charge in [0.05, 0.1) is 60.2 Å². The van der Waals surface area contributed by atoms with Crippen LogP contribution in [0.2, 0.25) is 0 Å². The average molecular weight is 1180 g/mol. The summed E-state index contributed by atoms with van der Waals surface area (Å²) in [5.41, 5.74) is 2.72. The van der Waals surface area contributed by atoms with Gasteiger partial charge in [-0.1, -0.05) is 123 Å². The number of benzene rings is 4. The molecule has 454 valence electrons. The first-order chi connectivity index (χ1) is 41.6. The van der Waals surface area contributed by atoms with Crippen LogP contribution in [0, 0.1) is 47.4 Å². The monoisotopic (exact) mass is 1170 g/mol. The van der Waals surface area contributed by atoms with E-state index in [0.29, 0.717) is 30.6 Å². The molecule has 86 heavy (non-hydrogen) atoms. The summed E-state index contributed by atoms with van der Waals surface area (Å²) in [4.78, 5) is 119. The molecule has 4 fully saturated rings. The topological polar surface area (TPSA) is 235 Å². The number of anilines is 2. The van der Waals surface area contributed by atoms with Crippen molar-refractivity contribution in [3.05, 3.63) is 132 Å². The molecule has 20 heteroatoms. The Hall–Kier alpha value is -8.56. The van der Waals surface area contributed by atoms with Crippen LogP contribution < -0.4 is 21.3 Å². The number of likely N-dealkylation sites (N-methyl/N-ethyl adjacent to an activating group) is 1. The fourth-order valence-electron chi connectivity index (χ4n) is 11.7. The molecule has 7 amide bonds. The molecule has 20 nitrogen and oxygen atoms in total. The lowest BCUT2D eigenvalue weighted by molar-refractivity contribution is -0.145. The predicted molar refractivity (Wildman–Crippen MR) is 321 cm³/mol. The SMILES string of the molecule is CC[C@@H](C)C(=O)N[C@H](C(=O)N1CC[C@@H]2[C@H]1[C@@H](C(=O)Nc1ccccc1)CN2C(=O)OCc1ccccc1)[C@@H](C)OCC#CC#CCO[C@H](C)[C@H](CC(=O)[C@H](C)NC)C(=O)N1CC[C@@H]2[C@H]1[C@@H](C(=O)Nc1ccccc1)CN2C(=O)OCc1ccccc1. The van der Waals surface area contributed by atoms with Gasteiger partial charge in [0.1, 0.15) is 38.3 Å².